The first-order valence-electron chi connectivity index (χ1n) is 4.43. The monoisotopic (exact) mass is 228 g/mol. The van der Waals surface area contributed by atoms with Crippen LogP contribution in [0.15, 0.2) is 0 Å². The van der Waals surface area contributed by atoms with Crippen molar-refractivity contribution in [3.8, 4) is 0 Å². The number of carbonyl (C=O) groups is 2. The third-order valence-electron chi connectivity index (χ3n) is 1.76. The first-order chi connectivity index (χ1) is 7.42. The van der Waals surface area contributed by atoms with Crippen LogP contribution in [0.4, 0.5) is 4.79 Å². The second kappa shape index (κ2) is 4.55. The van der Waals surface area contributed by atoms with E-state index in [1.165, 1.54) is 13.8 Å². The average Bonchev–Trinajstić information content (AvgIpc) is 2.66. The number of aromatic nitrogens is 4. The number of carbonyl (C=O) groups excluding carboxylic acids is 1. The molecule has 88 valence electrons. The highest BCUT2D eigenvalue weighted by molar-refractivity contribution is 5.85. The molecule has 0 aliphatic rings. The van der Waals surface area contributed by atoms with Crippen molar-refractivity contribution < 1.29 is 14.7 Å². The van der Waals surface area contributed by atoms with Gasteiger partial charge in [-0.15, -0.1) is 10.2 Å². The molecule has 4 N–H and O–H groups in total. The molecule has 9 nitrogen and oxygen atoms in total. The van der Waals surface area contributed by atoms with E-state index in [0.29, 0.717) is 5.82 Å². The van der Waals surface area contributed by atoms with Crippen LogP contribution >= 0.6 is 0 Å². The maximum absolute atomic E-state index is 11.3. The van der Waals surface area contributed by atoms with Gasteiger partial charge in [-0.25, -0.2) is 9.59 Å². The molecule has 0 unspecified atom stereocenters. The predicted octanol–water partition coefficient (Wildman–Crippen LogP) is -1.14. The molecule has 0 spiro atoms. The van der Waals surface area contributed by atoms with Crippen LogP contribution in [-0.4, -0.2) is 43.3 Å². The second-order valence-corrected chi connectivity index (χ2v) is 3.57. The van der Waals surface area contributed by atoms with Gasteiger partial charge in [0.1, 0.15) is 5.54 Å². The zero-order valence-corrected chi connectivity index (χ0v) is 8.81. The number of carboxylic acid groups (broad SMARTS) is 1. The SMILES string of the molecule is CC(C)(NC(=O)NCc1nn[nH]n1)C(=O)O. The summed E-state index contributed by atoms with van der Waals surface area (Å²) in [5.41, 5.74) is -1.33. The van der Waals surface area contributed by atoms with E-state index < -0.39 is 17.5 Å². The molecular formula is C7H12N6O3. The third-order valence-corrected chi connectivity index (χ3v) is 1.76. The van der Waals surface area contributed by atoms with E-state index in [-0.39, 0.29) is 6.54 Å². The summed E-state index contributed by atoms with van der Waals surface area (Å²) in [4.78, 5) is 22.0. The van der Waals surface area contributed by atoms with Gasteiger partial charge in [0.25, 0.3) is 0 Å². The number of hydrogen-bond acceptors (Lipinski definition) is 5. The normalized spacial score (nSPS) is 10.9. The number of aromatic amines is 1. The summed E-state index contributed by atoms with van der Waals surface area (Å²) in [6.45, 7) is 2.82. The standard InChI is InChI=1S/C7H12N6O3/c1-7(2,5(14)15)9-6(16)8-3-4-10-12-13-11-4/h3H2,1-2H3,(H,14,15)(H2,8,9,16)(H,10,11,12,13). The smallest absolute Gasteiger partial charge is 0.328 e. The Morgan fingerprint density at radius 3 is 2.69 bits per heavy atom. The third kappa shape index (κ3) is 3.19. The Kier molecular flexibility index (Phi) is 3.38. The molecule has 16 heavy (non-hydrogen) atoms. The van der Waals surface area contributed by atoms with Gasteiger partial charge in [-0.1, -0.05) is 5.21 Å². The molecule has 0 aromatic carbocycles. The quantitative estimate of drug-likeness (QED) is 0.515. The lowest BCUT2D eigenvalue weighted by Gasteiger charge is -2.20. The zero-order valence-electron chi connectivity index (χ0n) is 8.81. The maximum Gasteiger partial charge on any atom is 0.328 e. The molecule has 1 aromatic heterocycles. The number of carboxylic acids is 1. The number of tetrazole rings is 1. The number of amides is 2. The minimum absolute atomic E-state index is 0.0675. The van der Waals surface area contributed by atoms with Crippen LogP contribution in [0.25, 0.3) is 0 Å². The van der Waals surface area contributed by atoms with Gasteiger partial charge in [-0.2, -0.15) is 5.21 Å². The summed E-state index contributed by atoms with van der Waals surface area (Å²) in [6.07, 6.45) is 0. The molecule has 1 rings (SSSR count). The molecule has 0 aliphatic heterocycles. The van der Waals surface area contributed by atoms with Crippen LogP contribution in [0.3, 0.4) is 0 Å². The van der Waals surface area contributed by atoms with E-state index in [2.05, 4.69) is 31.3 Å². The second-order valence-electron chi connectivity index (χ2n) is 3.57. The minimum Gasteiger partial charge on any atom is -0.480 e. The molecule has 0 saturated heterocycles. The molecule has 0 aliphatic carbocycles. The van der Waals surface area contributed by atoms with E-state index in [9.17, 15) is 9.59 Å². The van der Waals surface area contributed by atoms with Crippen molar-refractivity contribution >= 4 is 12.0 Å². The molecule has 0 atom stereocenters. The molecule has 0 fully saturated rings. The van der Waals surface area contributed by atoms with Gasteiger partial charge in [-0.05, 0) is 13.8 Å². The van der Waals surface area contributed by atoms with Crippen molar-refractivity contribution in [3.63, 3.8) is 0 Å². The predicted molar refractivity (Wildman–Crippen MR) is 51.3 cm³/mol. The fourth-order valence-electron chi connectivity index (χ4n) is 0.798. The van der Waals surface area contributed by atoms with Gasteiger partial charge in [0.05, 0.1) is 6.54 Å². The number of H-pyrrole nitrogens is 1. The summed E-state index contributed by atoms with van der Waals surface area (Å²) in [7, 11) is 0. The summed E-state index contributed by atoms with van der Waals surface area (Å²) in [6, 6.07) is -0.614. The number of hydrogen-bond donors (Lipinski definition) is 4. The van der Waals surface area contributed by atoms with E-state index >= 15 is 0 Å². The van der Waals surface area contributed by atoms with E-state index in [0.717, 1.165) is 0 Å². The zero-order chi connectivity index (χ0) is 12.2. The highest BCUT2D eigenvalue weighted by Crippen LogP contribution is 2.00. The Hall–Kier alpha value is -2.19. The fraction of sp³-hybridized carbons (Fsp3) is 0.571. The number of rotatable bonds is 4. The lowest BCUT2D eigenvalue weighted by molar-refractivity contribution is -0.142. The van der Waals surface area contributed by atoms with Crippen LogP contribution in [0.2, 0.25) is 0 Å². The Balaban J connectivity index is 2.39. The van der Waals surface area contributed by atoms with Crippen LogP contribution < -0.4 is 10.6 Å². The molecular weight excluding hydrogens is 216 g/mol. The lowest BCUT2D eigenvalue weighted by atomic mass is 10.1. The van der Waals surface area contributed by atoms with Crippen molar-refractivity contribution in [2.75, 3.05) is 0 Å². The van der Waals surface area contributed by atoms with Gasteiger partial charge in [0.15, 0.2) is 5.82 Å². The Labute approximate surface area is 90.6 Å². The number of aliphatic carboxylic acids is 1. The molecule has 1 heterocycles. The molecule has 9 heteroatoms. The fourth-order valence-corrected chi connectivity index (χ4v) is 0.798. The average molecular weight is 228 g/mol. The van der Waals surface area contributed by atoms with E-state index in [1.54, 1.807) is 0 Å². The van der Waals surface area contributed by atoms with E-state index in [4.69, 9.17) is 5.11 Å². The summed E-state index contributed by atoms with van der Waals surface area (Å²) in [5.74, 6) is -0.814. The summed E-state index contributed by atoms with van der Waals surface area (Å²) < 4.78 is 0. The van der Waals surface area contributed by atoms with Crippen molar-refractivity contribution in [2.45, 2.75) is 25.9 Å². The molecule has 0 bridgehead atoms. The largest absolute Gasteiger partial charge is 0.480 e. The van der Waals surface area contributed by atoms with Gasteiger partial charge in [-0.3, -0.25) is 0 Å². The maximum atomic E-state index is 11.3. The number of urea groups is 1. The molecule has 2 amide bonds. The molecule has 1 aromatic rings. The van der Waals surface area contributed by atoms with E-state index in [1.807, 2.05) is 0 Å². The van der Waals surface area contributed by atoms with Crippen molar-refractivity contribution in [1.82, 2.24) is 31.3 Å². The molecule has 0 saturated carbocycles. The van der Waals surface area contributed by atoms with Crippen molar-refractivity contribution in [1.29, 1.82) is 0 Å². The van der Waals surface area contributed by atoms with Crippen molar-refractivity contribution in [2.24, 2.45) is 0 Å². The first kappa shape index (κ1) is 11.9. The Bertz CT molecular complexity index is 373. The topological polar surface area (TPSA) is 133 Å². The first-order valence-corrected chi connectivity index (χ1v) is 4.43. The highest BCUT2D eigenvalue weighted by atomic mass is 16.4. The number of nitrogens with one attached hydrogen (secondary N) is 3. The van der Waals surface area contributed by atoms with Crippen LogP contribution in [0, 0.1) is 0 Å². The van der Waals surface area contributed by atoms with Gasteiger partial charge in [0, 0.05) is 0 Å². The number of nitrogens with zero attached hydrogens (tertiary/aromatic N) is 3. The van der Waals surface area contributed by atoms with Crippen LogP contribution in [0.1, 0.15) is 19.7 Å². The van der Waals surface area contributed by atoms with Gasteiger partial charge < -0.3 is 15.7 Å². The minimum atomic E-state index is -1.33. The molecule has 0 radical (unpaired) electrons. The van der Waals surface area contributed by atoms with Gasteiger partial charge >= 0.3 is 12.0 Å². The Morgan fingerprint density at radius 1 is 1.50 bits per heavy atom. The summed E-state index contributed by atoms with van der Waals surface area (Å²) in [5, 5.41) is 26.2. The highest BCUT2D eigenvalue weighted by Gasteiger charge is 2.28. The Morgan fingerprint density at radius 2 is 2.19 bits per heavy atom. The van der Waals surface area contributed by atoms with Crippen LogP contribution in [-0.2, 0) is 11.3 Å². The van der Waals surface area contributed by atoms with Gasteiger partial charge in [0.2, 0.25) is 0 Å². The van der Waals surface area contributed by atoms with Crippen LogP contribution in [0.5, 0.6) is 0 Å². The summed E-state index contributed by atoms with van der Waals surface area (Å²) >= 11 is 0. The lowest BCUT2D eigenvalue weighted by Crippen LogP contribution is -2.53. The van der Waals surface area contributed by atoms with Crippen molar-refractivity contribution in [3.05, 3.63) is 5.82 Å².